The zero-order valence-corrected chi connectivity index (χ0v) is 19.8. The van der Waals surface area contributed by atoms with E-state index in [0.29, 0.717) is 34.9 Å². The highest BCUT2D eigenvalue weighted by molar-refractivity contribution is 6.00. The van der Waals surface area contributed by atoms with Crippen molar-refractivity contribution in [3.05, 3.63) is 59.2 Å². The summed E-state index contributed by atoms with van der Waals surface area (Å²) >= 11 is 0. The Hall–Kier alpha value is -3.52. The van der Waals surface area contributed by atoms with Gasteiger partial charge in [0.05, 0.1) is 33.0 Å². The van der Waals surface area contributed by atoms with Gasteiger partial charge in [0.25, 0.3) is 5.91 Å². The molecule has 0 bridgehead atoms. The fraction of sp³-hybridized carbons (Fsp3) is 0.385. The number of hydrogen-bond donors (Lipinski definition) is 3. The molecule has 0 atom stereocenters. The molecule has 34 heavy (non-hydrogen) atoms. The number of carbonyl (C=O) groups is 2. The maximum Gasteiger partial charge on any atom is 0.330 e. The van der Waals surface area contributed by atoms with Gasteiger partial charge in [-0.3, -0.25) is 4.79 Å². The van der Waals surface area contributed by atoms with E-state index >= 15 is 0 Å². The number of benzene rings is 2. The van der Waals surface area contributed by atoms with Gasteiger partial charge in [0.2, 0.25) is 0 Å². The Balaban J connectivity index is 1.79. The number of hydrogen-bond acceptors (Lipinski definition) is 7. The number of aliphatic hydroxyl groups is 1. The van der Waals surface area contributed by atoms with Gasteiger partial charge in [0, 0.05) is 24.4 Å². The quantitative estimate of drug-likeness (QED) is 0.382. The van der Waals surface area contributed by atoms with Crippen LogP contribution in [0.15, 0.2) is 42.5 Å². The molecular weight excluding hydrogens is 436 g/mol. The fourth-order valence-corrected chi connectivity index (χ4v) is 3.92. The van der Waals surface area contributed by atoms with Crippen LogP contribution in [0.25, 0.3) is 6.08 Å². The van der Waals surface area contributed by atoms with Crippen molar-refractivity contribution in [1.82, 2.24) is 5.32 Å². The van der Waals surface area contributed by atoms with Crippen LogP contribution in [0.4, 0.5) is 5.69 Å². The second kappa shape index (κ2) is 12.1. The number of esters is 1. The van der Waals surface area contributed by atoms with Crippen molar-refractivity contribution in [3.8, 4) is 11.5 Å². The van der Waals surface area contributed by atoms with E-state index in [2.05, 4.69) is 15.4 Å². The molecule has 1 aliphatic rings. The minimum Gasteiger partial charge on any atom is -0.493 e. The number of anilines is 1. The van der Waals surface area contributed by atoms with Gasteiger partial charge in [-0.1, -0.05) is 12.1 Å². The lowest BCUT2D eigenvalue weighted by atomic mass is 9.92. The SMILES string of the molecule is COC(=O)/C=C/c1ccc(NC2CCC(O)CC2)c(C(=O)NCc2ccc(OC)c(OC)c2)c1. The van der Waals surface area contributed by atoms with Gasteiger partial charge in [-0.2, -0.15) is 0 Å². The van der Waals surface area contributed by atoms with E-state index < -0.39 is 5.97 Å². The molecule has 1 saturated carbocycles. The molecule has 0 spiro atoms. The van der Waals surface area contributed by atoms with Crippen molar-refractivity contribution in [2.45, 2.75) is 44.4 Å². The first-order valence-corrected chi connectivity index (χ1v) is 11.3. The van der Waals surface area contributed by atoms with E-state index in [4.69, 9.17) is 9.47 Å². The Kier molecular flexibility index (Phi) is 8.93. The Morgan fingerprint density at radius 2 is 1.74 bits per heavy atom. The van der Waals surface area contributed by atoms with Crippen LogP contribution in [0.2, 0.25) is 0 Å². The third kappa shape index (κ3) is 6.74. The summed E-state index contributed by atoms with van der Waals surface area (Å²) in [6.07, 6.45) is 5.80. The first kappa shape index (κ1) is 25.1. The van der Waals surface area contributed by atoms with Gasteiger partial charge in [-0.05, 0) is 67.2 Å². The summed E-state index contributed by atoms with van der Waals surface area (Å²) in [5.41, 5.74) is 2.75. The first-order valence-electron chi connectivity index (χ1n) is 11.3. The van der Waals surface area contributed by atoms with Crippen molar-refractivity contribution < 1.29 is 28.9 Å². The van der Waals surface area contributed by atoms with E-state index in [-0.39, 0.29) is 18.1 Å². The van der Waals surface area contributed by atoms with Gasteiger partial charge >= 0.3 is 5.97 Å². The van der Waals surface area contributed by atoms with E-state index in [1.54, 1.807) is 32.4 Å². The van der Waals surface area contributed by atoms with Crippen LogP contribution >= 0.6 is 0 Å². The third-order valence-electron chi connectivity index (χ3n) is 5.86. The van der Waals surface area contributed by atoms with E-state index in [1.165, 1.54) is 13.2 Å². The van der Waals surface area contributed by atoms with Crippen molar-refractivity contribution in [3.63, 3.8) is 0 Å². The lowest BCUT2D eigenvalue weighted by molar-refractivity contribution is -0.134. The number of amides is 1. The number of methoxy groups -OCH3 is 3. The fourth-order valence-electron chi connectivity index (χ4n) is 3.92. The predicted molar refractivity (Wildman–Crippen MR) is 130 cm³/mol. The molecule has 0 heterocycles. The summed E-state index contributed by atoms with van der Waals surface area (Å²) in [5, 5.41) is 16.2. The number of carbonyl (C=O) groups excluding carboxylic acids is 2. The van der Waals surface area contributed by atoms with Crippen molar-refractivity contribution in [1.29, 1.82) is 0 Å². The van der Waals surface area contributed by atoms with Gasteiger partial charge in [0.15, 0.2) is 11.5 Å². The van der Waals surface area contributed by atoms with Gasteiger partial charge in [0.1, 0.15) is 0 Å². The van der Waals surface area contributed by atoms with Gasteiger partial charge < -0.3 is 30.0 Å². The number of nitrogens with one attached hydrogen (secondary N) is 2. The lowest BCUT2D eigenvalue weighted by Gasteiger charge is -2.28. The standard InChI is InChI=1S/C26H32N2O6/c1-32-23-12-5-18(15-24(23)33-2)16-27-26(31)21-14-17(6-13-25(30)34-3)4-11-22(21)28-19-7-9-20(29)10-8-19/h4-6,11-15,19-20,28-29H,7-10,16H2,1-3H3,(H,27,31)/b13-6+. The maximum atomic E-state index is 13.2. The summed E-state index contributed by atoms with van der Waals surface area (Å²) in [6, 6.07) is 11.1. The van der Waals surface area contributed by atoms with Crippen molar-refractivity contribution in [2.24, 2.45) is 0 Å². The smallest absolute Gasteiger partial charge is 0.330 e. The lowest BCUT2D eigenvalue weighted by Crippen LogP contribution is -2.30. The molecule has 1 amide bonds. The number of rotatable bonds is 9. The van der Waals surface area contributed by atoms with E-state index in [9.17, 15) is 14.7 Å². The molecule has 1 fully saturated rings. The molecule has 0 aliphatic heterocycles. The largest absolute Gasteiger partial charge is 0.493 e. The Labute approximate surface area is 199 Å². The molecule has 2 aromatic carbocycles. The number of aliphatic hydroxyl groups excluding tert-OH is 1. The molecule has 0 aromatic heterocycles. The van der Waals surface area contributed by atoms with Gasteiger partial charge in [-0.15, -0.1) is 0 Å². The second-order valence-corrected chi connectivity index (χ2v) is 8.18. The molecule has 0 radical (unpaired) electrons. The summed E-state index contributed by atoms with van der Waals surface area (Å²) in [4.78, 5) is 24.7. The monoisotopic (exact) mass is 468 g/mol. The molecule has 3 rings (SSSR count). The van der Waals surface area contributed by atoms with E-state index in [0.717, 1.165) is 31.2 Å². The van der Waals surface area contributed by atoms with Crippen LogP contribution in [0.1, 0.15) is 47.2 Å². The summed E-state index contributed by atoms with van der Waals surface area (Å²) in [6.45, 7) is 0.302. The molecule has 2 aromatic rings. The van der Waals surface area contributed by atoms with Crippen molar-refractivity contribution >= 4 is 23.6 Å². The van der Waals surface area contributed by atoms with Gasteiger partial charge in [-0.25, -0.2) is 4.79 Å². The predicted octanol–water partition coefficient (Wildman–Crippen LogP) is 3.54. The van der Waals surface area contributed by atoms with E-state index in [1.807, 2.05) is 24.3 Å². The summed E-state index contributed by atoms with van der Waals surface area (Å²) in [5.74, 6) is 0.488. The summed E-state index contributed by atoms with van der Waals surface area (Å²) < 4.78 is 15.3. The highest BCUT2D eigenvalue weighted by Crippen LogP contribution is 2.28. The molecule has 182 valence electrons. The Morgan fingerprint density at radius 1 is 1.00 bits per heavy atom. The molecule has 8 heteroatoms. The molecule has 1 aliphatic carbocycles. The Bertz CT molecular complexity index is 1030. The van der Waals surface area contributed by atoms with Crippen LogP contribution < -0.4 is 20.1 Å². The second-order valence-electron chi connectivity index (χ2n) is 8.18. The minimum atomic E-state index is -0.470. The average Bonchev–Trinajstić information content (AvgIpc) is 2.87. The summed E-state index contributed by atoms with van der Waals surface area (Å²) in [7, 11) is 4.45. The normalized spacial score (nSPS) is 17.8. The molecule has 3 N–H and O–H groups in total. The topological polar surface area (TPSA) is 106 Å². The molecule has 0 unspecified atom stereocenters. The highest BCUT2D eigenvalue weighted by atomic mass is 16.5. The molecule has 0 saturated heterocycles. The minimum absolute atomic E-state index is 0.178. The van der Waals surface area contributed by atoms with Crippen LogP contribution in [0.3, 0.4) is 0 Å². The zero-order valence-electron chi connectivity index (χ0n) is 19.8. The zero-order chi connectivity index (χ0) is 24.5. The molecular formula is C26H32N2O6. The average molecular weight is 469 g/mol. The third-order valence-corrected chi connectivity index (χ3v) is 5.86. The van der Waals surface area contributed by atoms with Crippen LogP contribution in [0, 0.1) is 0 Å². The first-order chi connectivity index (χ1) is 16.4. The Morgan fingerprint density at radius 3 is 2.41 bits per heavy atom. The molecule has 8 nitrogen and oxygen atoms in total. The van der Waals surface area contributed by atoms with Crippen LogP contribution in [-0.2, 0) is 16.1 Å². The number of ether oxygens (including phenoxy) is 3. The maximum absolute atomic E-state index is 13.2. The van der Waals surface area contributed by atoms with Crippen molar-refractivity contribution in [2.75, 3.05) is 26.6 Å². The van der Waals surface area contributed by atoms with Crippen LogP contribution in [-0.4, -0.2) is 50.5 Å². The van der Waals surface area contributed by atoms with Crippen LogP contribution in [0.5, 0.6) is 11.5 Å². The highest BCUT2D eigenvalue weighted by Gasteiger charge is 2.21.